The molecule has 3 N–H and O–H groups in total. The zero-order valence-electron chi connectivity index (χ0n) is 22.1. The van der Waals surface area contributed by atoms with E-state index in [2.05, 4.69) is 20.2 Å². The third kappa shape index (κ3) is 5.39. The van der Waals surface area contributed by atoms with Crippen molar-refractivity contribution < 1.29 is 24.2 Å². The molecule has 5 aromatic rings. The average Bonchev–Trinajstić information content (AvgIpc) is 3.52. The maximum absolute atomic E-state index is 12.0. The number of furan rings is 1. The molecule has 0 amide bonds. The number of anilines is 3. The molecule has 3 aromatic heterocycles. The Bertz CT molecular complexity index is 1810. The van der Waals surface area contributed by atoms with Gasteiger partial charge in [-0.05, 0) is 54.6 Å². The molecule has 2 aromatic carbocycles. The van der Waals surface area contributed by atoms with Crippen molar-refractivity contribution >= 4 is 34.7 Å². The first-order valence-electron chi connectivity index (χ1n) is 13.1. The standard InChI is InChI=1S/C33H24N4O5/c38-32(39)22-12-14-35-28(16-22)30-18-23(33(40)41)17-29(36-30)27-15-21(11-13-34-27)31-19-26(20-42-31)37(24-7-3-1-4-8-24)25-9-5-2-6-10-25/h1-13,15-20,35H,14H2,(H,38,39)(H,40,41). The fourth-order valence-corrected chi connectivity index (χ4v) is 4.69. The van der Waals surface area contributed by atoms with Gasteiger partial charge >= 0.3 is 11.9 Å². The number of hydrogen-bond acceptors (Lipinski definition) is 7. The van der Waals surface area contributed by atoms with Crippen LogP contribution in [0.4, 0.5) is 17.1 Å². The molecule has 206 valence electrons. The molecule has 0 aliphatic carbocycles. The van der Waals surface area contributed by atoms with Crippen molar-refractivity contribution in [3.63, 3.8) is 0 Å². The summed E-state index contributed by atoms with van der Waals surface area (Å²) < 4.78 is 6.02. The van der Waals surface area contributed by atoms with Gasteiger partial charge in [-0.2, -0.15) is 0 Å². The van der Waals surface area contributed by atoms with Crippen LogP contribution in [0.3, 0.4) is 0 Å². The van der Waals surface area contributed by atoms with Gasteiger partial charge in [0, 0.05) is 35.7 Å². The predicted molar refractivity (Wildman–Crippen MR) is 159 cm³/mol. The van der Waals surface area contributed by atoms with E-state index in [4.69, 9.17) is 4.42 Å². The summed E-state index contributed by atoms with van der Waals surface area (Å²) in [4.78, 5) is 34.6. The lowest BCUT2D eigenvalue weighted by Gasteiger charge is -2.23. The molecule has 9 heteroatoms. The van der Waals surface area contributed by atoms with Crippen molar-refractivity contribution in [1.82, 2.24) is 15.3 Å². The summed E-state index contributed by atoms with van der Waals surface area (Å²) in [5.41, 5.74) is 5.05. The highest BCUT2D eigenvalue weighted by Crippen LogP contribution is 2.38. The van der Waals surface area contributed by atoms with Gasteiger partial charge in [0.05, 0.1) is 39.6 Å². The number of pyridine rings is 2. The van der Waals surface area contributed by atoms with E-state index in [0.717, 1.165) is 22.6 Å². The highest BCUT2D eigenvalue weighted by molar-refractivity contribution is 5.94. The molecule has 1 aliphatic heterocycles. The van der Waals surface area contributed by atoms with Crippen LogP contribution in [0.25, 0.3) is 28.4 Å². The van der Waals surface area contributed by atoms with Gasteiger partial charge in [0.2, 0.25) is 0 Å². The van der Waals surface area contributed by atoms with Crippen LogP contribution in [0.15, 0.2) is 126 Å². The SMILES string of the molecule is O=C(O)C1=CCNC(c2cc(C(=O)O)cc(-c3cc(-c4cc(N(c5ccccc5)c5ccccc5)co4)ccn3)n2)=C1. The number of para-hydroxylation sites is 2. The summed E-state index contributed by atoms with van der Waals surface area (Å²) in [6.07, 6.45) is 6.26. The van der Waals surface area contributed by atoms with Gasteiger partial charge in [-0.15, -0.1) is 0 Å². The topological polar surface area (TPSA) is 129 Å². The fraction of sp³-hybridized carbons (Fsp3) is 0.0303. The number of rotatable bonds is 8. The fourth-order valence-electron chi connectivity index (χ4n) is 4.69. The minimum Gasteiger partial charge on any atom is -0.478 e. The molecule has 0 atom stereocenters. The monoisotopic (exact) mass is 556 g/mol. The third-order valence-corrected chi connectivity index (χ3v) is 6.69. The van der Waals surface area contributed by atoms with E-state index < -0.39 is 11.9 Å². The normalized spacial score (nSPS) is 12.6. The van der Waals surface area contributed by atoms with E-state index in [-0.39, 0.29) is 17.7 Å². The van der Waals surface area contributed by atoms with Crippen molar-refractivity contribution in [2.24, 2.45) is 0 Å². The molecule has 6 rings (SSSR count). The smallest absolute Gasteiger partial charge is 0.335 e. The van der Waals surface area contributed by atoms with Gasteiger partial charge in [-0.1, -0.05) is 42.5 Å². The van der Waals surface area contributed by atoms with Crippen LogP contribution in [0.5, 0.6) is 0 Å². The van der Waals surface area contributed by atoms with Crippen LogP contribution >= 0.6 is 0 Å². The van der Waals surface area contributed by atoms with Crippen LogP contribution in [-0.4, -0.2) is 38.7 Å². The lowest BCUT2D eigenvalue weighted by molar-refractivity contribution is -0.132. The summed E-state index contributed by atoms with van der Waals surface area (Å²) >= 11 is 0. The number of nitrogens with one attached hydrogen (secondary N) is 1. The number of hydrogen-bond donors (Lipinski definition) is 3. The zero-order chi connectivity index (χ0) is 29.1. The lowest BCUT2D eigenvalue weighted by atomic mass is 10.1. The van der Waals surface area contributed by atoms with Gasteiger partial charge in [0.15, 0.2) is 0 Å². The van der Waals surface area contributed by atoms with Gasteiger partial charge in [-0.25, -0.2) is 14.6 Å². The average molecular weight is 557 g/mol. The van der Waals surface area contributed by atoms with E-state index in [1.807, 2.05) is 66.7 Å². The van der Waals surface area contributed by atoms with E-state index in [1.165, 1.54) is 24.3 Å². The van der Waals surface area contributed by atoms with Crippen molar-refractivity contribution in [2.75, 3.05) is 11.4 Å². The first-order chi connectivity index (χ1) is 20.5. The molecule has 0 fully saturated rings. The number of carboxylic acids is 2. The van der Waals surface area contributed by atoms with Crippen molar-refractivity contribution in [3.8, 4) is 22.7 Å². The Hall–Kier alpha value is -5.96. The van der Waals surface area contributed by atoms with Crippen LogP contribution in [-0.2, 0) is 4.79 Å². The second kappa shape index (κ2) is 11.3. The Labute approximate surface area is 240 Å². The van der Waals surface area contributed by atoms with Crippen LogP contribution < -0.4 is 10.2 Å². The molecule has 0 saturated carbocycles. The highest BCUT2D eigenvalue weighted by Gasteiger charge is 2.19. The van der Waals surface area contributed by atoms with E-state index in [9.17, 15) is 19.8 Å². The number of aliphatic carboxylic acids is 1. The van der Waals surface area contributed by atoms with Crippen LogP contribution in [0.1, 0.15) is 16.1 Å². The van der Waals surface area contributed by atoms with Crippen molar-refractivity contribution in [3.05, 3.63) is 132 Å². The van der Waals surface area contributed by atoms with Gasteiger partial charge in [0.1, 0.15) is 12.0 Å². The number of aromatic nitrogens is 2. The molecule has 4 heterocycles. The van der Waals surface area contributed by atoms with Crippen molar-refractivity contribution in [1.29, 1.82) is 0 Å². The Kier molecular flexibility index (Phi) is 7.05. The van der Waals surface area contributed by atoms with Gasteiger partial charge in [0.25, 0.3) is 0 Å². The molecular weight excluding hydrogens is 532 g/mol. The Morgan fingerprint density at radius 1 is 0.786 bits per heavy atom. The summed E-state index contributed by atoms with van der Waals surface area (Å²) in [5.74, 6) is -1.62. The molecule has 0 unspecified atom stereocenters. The maximum Gasteiger partial charge on any atom is 0.335 e. The summed E-state index contributed by atoms with van der Waals surface area (Å²) in [6.45, 7) is 0.277. The Morgan fingerprint density at radius 3 is 2.14 bits per heavy atom. The first-order valence-corrected chi connectivity index (χ1v) is 13.1. The van der Waals surface area contributed by atoms with E-state index >= 15 is 0 Å². The van der Waals surface area contributed by atoms with E-state index in [1.54, 1.807) is 24.6 Å². The molecule has 9 nitrogen and oxygen atoms in total. The second-order valence-electron chi connectivity index (χ2n) is 9.44. The Morgan fingerprint density at radius 2 is 1.48 bits per heavy atom. The zero-order valence-corrected chi connectivity index (χ0v) is 22.1. The largest absolute Gasteiger partial charge is 0.478 e. The molecule has 42 heavy (non-hydrogen) atoms. The number of carbonyl (C=O) groups is 2. The number of benzene rings is 2. The second-order valence-corrected chi connectivity index (χ2v) is 9.44. The van der Waals surface area contributed by atoms with Crippen LogP contribution in [0.2, 0.25) is 0 Å². The van der Waals surface area contributed by atoms with Crippen LogP contribution in [0, 0.1) is 0 Å². The molecule has 0 bridgehead atoms. The first kappa shape index (κ1) is 26.3. The molecular formula is C33H24N4O5. The minimum atomic E-state index is -1.14. The summed E-state index contributed by atoms with van der Waals surface area (Å²) in [5, 5.41) is 22.3. The summed E-state index contributed by atoms with van der Waals surface area (Å²) in [7, 11) is 0. The van der Waals surface area contributed by atoms with Gasteiger partial charge < -0.3 is 24.8 Å². The Balaban J connectivity index is 1.38. The quantitative estimate of drug-likeness (QED) is 0.195. The molecule has 0 radical (unpaired) electrons. The predicted octanol–water partition coefficient (Wildman–Crippen LogP) is 6.53. The molecule has 0 saturated heterocycles. The lowest BCUT2D eigenvalue weighted by Crippen LogP contribution is -2.20. The molecule has 0 spiro atoms. The van der Waals surface area contributed by atoms with Crippen molar-refractivity contribution in [2.45, 2.75) is 0 Å². The third-order valence-electron chi connectivity index (χ3n) is 6.69. The number of nitrogens with zero attached hydrogens (tertiary/aromatic N) is 3. The number of carboxylic acid groups (broad SMARTS) is 2. The summed E-state index contributed by atoms with van der Waals surface area (Å²) in [6, 6.07) is 28.3. The van der Waals surface area contributed by atoms with Gasteiger partial charge in [-0.3, -0.25) is 4.98 Å². The number of dihydropyridines is 1. The maximum atomic E-state index is 12.0. The highest BCUT2D eigenvalue weighted by atomic mass is 16.4. The number of aromatic carboxylic acids is 1. The molecule has 1 aliphatic rings. The van der Waals surface area contributed by atoms with E-state index in [0.29, 0.717) is 28.5 Å². The minimum absolute atomic E-state index is 0.00187.